The summed E-state index contributed by atoms with van der Waals surface area (Å²) in [6.45, 7) is 4.58. The van der Waals surface area contributed by atoms with Crippen LogP contribution in [-0.4, -0.2) is 41.8 Å². The summed E-state index contributed by atoms with van der Waals surface area (Å²) in [5, 5.41) is 7.86. The highest BCUT2D eigenvalue weighted by Gasteiger charge is 2.36. The smallest absolute Gasteiger partial charge is 0.322 e. The van der Waals surface area contributed by atoms with Gasteiger partial charge in [-0.1, -0.05) is 48.3 Å². The van der Waals surface area contributed by atoms with Crippen LogP contribution in [0.15, 0.2) is 52.7 Å². The van der Waals surface area contributed by atoms with Gasteiger partial charge in [0.2, 0.25) is 5.82 Å². The number of methoxy groups -OCH3 is 2. The lowest BCUT2D eigenvalue weighted by atomic mass is 9.94. The van der Waals surface area contributed by atoms with Crippen LogP contribution < -0.4 is 14.8 Å². The van der Waals surface area contributed by atoms with E-state index in [0.717, 1.165) is 35.2 Å². The van der Waals surface area contributed by atoms with E-state index >= 15 is 0 Å². The number of rotatable bonds is 8. The van der Waals surface area contributed by atoms with Gasteiger partial charge in [-0.05, 0) is 43.2 Å². The molecule has 2 heterocycles. The highest BCUT2D eigenvalue weighted by atomic mass is 35.5. The number of benzene rings is 2. The normalized spacial score (nSPS) is 16.0. The maximum absolute atomic E-state index is 13.1. The van der Waals surface area contributed by atoms with E-state index in [2.05, 4.69) is 22.4 Å². The van der Waals surface area contributed by atoms with E-state index in [9.17, 15) is 4.79 Å². The monoisotopic (exact) mass is 482 g/mol. The molecule has 9 heteroatoms. The van der Waals surface area contributed by atoms with Gasteiger partial charge in [-0.3, -0.25) is 4.90 Å². The first-order valence-corrected chi connectivity index (χ1v) is 11.4. The highest BCUT2D eigenvalue weighted by Crippen LogP contribution is 2.40. The lowest BCUT2D eigenvalue weighted by molar-refractivity contribution is 0.204. The lowest BCUT2D eigenvalue weighted by Crippen LogP contribution is -2.46. The summed E-state index contributed by atoms with van der Waals surface area (Å²) in [5.74, 6) is 1.90. The molecule has 1 aliphatic rings. The van der Waals surface area contributed by atoms with E-state index in [1.165, 1.54) is 0 Å². The van der Waals surface area contributed by atoms with Crippen LogP contribution in [0.2, 0.25) is 5.02 Å². The first-order chi connectivity index (χ1) is 16.5. The van der Waals surface area contributed by atoms with Gasteiger partial charge in [0, 0.05) is 22.8 Å². The predicted octanol–water partition coefficient (Wildman–Crippen LogP) is 5.70. The molecule has 1 aromatic heterocycles. The van der Waals surface area contributed by atoms with Gasteiger partial charge in [0.1, 0.15) is 0 Å². The summed E-state index contributed by atoms with van der Waals surface area (Å²) >= 11 is 6.14. The first kappa shape index (κ1) is 23.6. The molecule has 0 aliphatic carbocycles. The minimum Gasteiger partial charge on any atom is -0.493 e. The number of allylic oxidation sites excluding steroid dienone is 1. The van der Waals surface area contributed by atoms with Crippen molar-refractivity contribution in [1.29, 1.82) is 0 Å². The van der Waals surface area contributed by atoms with E-state index < -0.39 is 6.04 Å². The Morgan fingerprint density at radius 1 is 1.15 bits per heavy atom. The number of ether oxygens (including phenoxy) is 2. The Bertz CT molecular complexity index is 1220. The van der Waals surface area contributed by atoms with Crippen molar-refractivity contribution >= 4 is 23.2 Å². The van der Waals surface area contributed by atoms with Gasteiger partial charge < -0.3 is 19.3 Å². The zero-order chi connectivity index (χ0) is 24.2. The molecule has 0 saturated carbocycles. The van der Waals surface area contributed by atoms with E-state index in [1.807, 2.05) is 37.3 Å². The van der Waals surface area contributed by atoms with Gasteiger partial charge in [0.25, 0.3) is 5.89 Å². The second-order valence-electron chi connectivity index (χ2n) is 7.93. The average molecular weight is 483 g/mol. The van der Waals surface area contributed by atoms with Crippen molar-refractivity contribution in [3.63, 3.8) is 0 Å². The summed E-state index contributed by atoms with van der Waals surface area (Å²) in [4.78, 5) is 19.4. The van der Waals surface area contributed by atoms with Gasteiger partial charge in [-0.25, -0.2) is 4.79 Å². The Labute approximate surface area is 203 Å². The van der Waals surface area contributed by atoms with Gasteiger partial charge in [0.15, 0.2) is 11.5 Å². The summed E-state index contributed by atoms with van der Waals surface area (Å²) < 4.78 is 16.6. The van der Waals surface area contributed by atoms with Crippen molar-refractivity contribution in [3.05, 3.63) is 64.6 Å². The van der Waals surface area contributed by atoms with E-state index in [1.54, 1.807) is 31.3 Å². The molecule has 1 N–H and O–H groups in total. The second kappa shape index (κ2) is 10.2. The van der Waals surface area contributed by atoms with Crippen LogP contribution in [0.5, 0.6) is 11.5 Å². The summed E-state index contributed by atoms with van der Waals surface area (Å²) in [5.41, 5.74) is 3.03. The molecule has 4 rings (SSSR count). The molecule has 34 heavy (non-hydrogen) atoms. The van der Waals surface area contributed by atoms with Crippen molar-refractivity contribution in [2.45, 2.75) is 32.7 Å². The summed E-state index contributed by atoms with van der Waals surface area (Å²) in [6, 6.07) is 12.1. The number of aromatic nitrogens is 2. The molecular weight excluding hydrogens is 456 g/mol. The Hall–Kier alpha value is -3.52. The maximum atomic E-state index is 13.1. The van der Waals surface area contributed by atoms with E-state index in [0.29, 0.717) is 34.8 Å². The van der Waals surface area contributed by atoms with Crippen LogP contribution >= 0.6 is 11.6 Å². The molecule has 1 unspecified atom stereocenters. The predicted molar refractivity (Wildman–Crippen MR) is 130 cm³/mol. The Balaban J connectivity index is 1.82. The third kappa shape index (κ3) is 4.59. The van der Waals surface area contributed by atoms with Crippen LogP contribution in [0.3, 0.4) is 0 Å². The molecule has 8 nitrogen and oxygen atoms in total. The molecule has 2 aromatic carbocycles. The minimum absolute atomic E-state index is 0.177. The van der Waals surface area contributed by atoms with Crippen molar-refractivity contribution in [2.24, 2.45) is 0 Å². The molecule has 1 aliphatic heterocycles. The standard InChI is InChI=1S/C25H27ClN4O4/c1-5-6-12-30-15(2)21(24-28-23(29-34-24)17-8-7-9-18(26)13-17)22(27-25(30)31)16-10-11-19(32-3)20(14-16)33-4/h7-11,13-14,22H,5-6,12H2,1-4H3,(H,27,31). The van der Waals surface area contributed by atoms with E-state index in [-0.39, 0.29) is 6.03 Å². The quantitative estimate of drug-likeness (QED) is 0.442. The number of hydrogen-bond donors (Lipinski definition) is 1. The average Bonchev–Trinajstić information content (AvgIpc) is 3.33. The fourth-order valence-corrected chi connectivity index (χ4v) is 4.19. The molecule has 0 bridgehead atoms. The summed E-state index contributed by atoms with van der Waals surface area (Å²) in [6.07, 6.45) is 1.83. The fraction of sp³-hybridized carbons (Fsp3) is 0.320. The number of nitrogens with one attached hydrogen (secondary N) is 1. The zero-order valence-electron chi connectivity index (χ0n) is 19.6. The SMILES string of the molecule is CCCCN1C(=O)NC(c2ccc(OC)c(OC)c2)C(c2nc(-c3cccc(Cl)c3)no2)=C1C. The molecular formula is C25H27ClN4O4. The Morgan fingerprint density at radius 2 is 1.94 bits per heavy atom. The lowest BCUT2D eigenvalue weighted by Gasteiger charge is -2.35. The van der Waals surface area contributed by atoms with Gasteiger partial charge in [-0.15, -0.1) is 0 Å². The molecule has 1 atom stereocenters. The molecule has 3 aromatic rings. The zero-order valence-corrected chi connectivity index (χ0v) is 20.3. The number of carbonyl (C=O) groups excluding carboxylic acids is 1. The van der Waals surface area contributed by atoms with E-state index in [4.69, 9.17) is 25.6 Å². The molecule has 0 spiro atoms. The van der Waals surface area contributed by atoms with Gasteiger partial charge in [0.05, 0.1) is 25.8 Å². The largest absolute Gasteiger partial charge is 0.493 e. The van der Waals surface area contributed by atoms with Crippen LogP contribution in [-0.2, 0) is 0 Å². The van der Waals surface area contributed by atoms with Crippen LogP contribution in [0.1, 0.15) is 44.2 Å². The molecule has 178 valence electrons. The molecule has 0 fully saturated rings. The number of amides is 2. The number of nitrogens with zero attached hydrogens (tertiary/aromatic N) is 3. The topological polar surface area (TPSA) is 89.7 Å². The number of urea groups is 1. The Kier molecular flexibility index (Phi) is 7.07. The number of halogens is 1. The second-order valence-corrected chi connectivity index (χ2v) is 8.37. The van der Waals surface area contributed by atoms with Crippen molar-refractivity contribution in [2.75, 3.05) is 20.8 Å². The minimum atomic E-state index is -0.516. The van der Waals surface area contributed by atoms with Crippen LogP contribution in [0.25, 0.3) is 17.0 Å². The number of carbonyl (C=O) groups is 1. The van der Waals surface area contributed by atoms with Crippen molar-refractivity contribution in [3.8, 4) is 22.9 Å². The molecule has 0 radical (unpaired) electrons. The summed E-state index contributed by atoms with van der Waals surface area (Å²) in [7, 11) is 3.15. The Morgan fingerprint density at radius 3 is 2.65 bits per heavy atom. The van der Waals surface area contributed by atoms with Crippen LogP contribution in [0.4, 0.5) is 4.79 Å². The molecule has 2 amide bonds. The number of unbranched alkanes of at least 4 members (excludes halogenated alkanes) is 1. The fourth-order valence-electron chi connectivity index (χ4n) is 4.00. The number of hydrogen-bond acceptors (Lipinski definition) is 6. The van der Waals surface area contributed by atoms with Crippen molar-refractivity contribution < 1.29 is 18.8 Å². The van der Waals surface area contributed by atoms with Crippen molar-refractivity contribution in [1.82, 2.24) is 20.4 Å². The highest BCUT2D eigenvalue weighted by molar-refractivity contribution is 6.30. The first-order valence-electron chi connectivity index (χ1n) is 11.1. The third-order valence-corrected chi connectivity index (χ3v) is 6.05. The van der Waals surface area contributed by atoms with Gasteiger partial charge >= 0.3 is 6.03 Å². The van der Waals surface area contributed by atoms with Gasteiger partial charge in [-0.2, -0.15) is 4.98 Å². The van der Waals surface area contributed by atoms with Crippen LogP contribution in [0, 0.1) is 0 Å². The third-order valence-electron chi connectivity index (χ3n) is 5.81. The maximum Gasteiger partial charge on any atom is 0.322 e. The molecule has 0 saturated heterocycles.